The van der Waals surface area contributed by atoms with Crippen LogP contribution in [-0.4, -0.2) is 22.6 Å². The van der Waals surface area contributed by atoms with Gasteiger partial charge in [0.15, 0.2) is 0 Å². The quantitative estimate of drug-likeness (QED) is 0.824. The van der Waals surface area contributed by atoms with Crippen molar-refractivity contribution in [1.82, 2.24) is 14.9 Å². The molecule has 0 saturated heterocycles. The number of nitrogens with one attached hydrogen (secondary N) is 1. The highest BCUT2D eigenvalue weighted by Crippen LogP contribution is 2.20. The van der Waals surface area contributed by atoms with Crippen LogP contribution in [0.3, 0.4) is 0 Å². The monoisotopic (exact) mass is 237 g/mol. The summed E-state index contributed by atoms with van der Waals surface area (Å²) < 4.78 is 2.29. The van der Waals surface area contributed by atoms with Gasteiger partial charge in [0.2, 0.25) is 0 Å². The van der Waals surface area contributed by atoms with Gasteiger partial charge in [0, 0.05) is 11.7 Å². The molecule has 1 aromatic heterocycles. The summed E-state index contributed by atoms with van der Waals surface area (Å²) in [6.07, 6.45) is 1.97. The van der Waals surface area contributed by atoms with Gasteiger partial charge in [-0.15, -0.1) is 0 Å². The summed E-state index contributed by atoms with van der Waals surface area (Å²) in [5.74, 6) is 1.33. The van der Waals surface area contributed by atoms with E-state index in [2.05, 4.69) is 56.4 Å². The highest BCUT2D eigenvalue weighted by atomic mass is 15.1. The first kappa shape index (κ1) is 14.2. The van der Waals surface area contributed by atoms with Gasteiger partial charge >= 0.3 is 0 Å². The minimum absolute atomic E-state index is 0.496. The van der Waals surface area contributed by atoms with E-state index in [9.17, 15) is 0 Å². The van der Waals surface area contributed by atoms with Crippen molar-refractivity contribution in [2.75, 3.05) is 13.1 Å². The second-order valence-corrected chi connectivity index (χ2v) is 5.59. The van der Waals surface area contributed by atoms with Crippen LogP contribution in [0.1, 0.15) is 45.1 Å². The lowest BCUT2D eigenvalue weighted by Crippen LogP contribution is -2.29. The van der Waals surface area contributed by atoms with Crippen molar-refractivity contribution in [2.45, 2.75) is 47.6 Å². The molecule has 1 heterocycles. The fourth-order valence-corrected chi connectivity index (χ4v) is 1.97. The van der Waals surface area contributed by atoms with Crippen molar-refractivity contribution in [1.29, 1.82) is 0 Å². The standard InChI is InChI=1S/C14H27N3/c1-10(2)7-15-8-11(3)13(5)17-9-16-12(4)14(17)6/h9-11,13,15H,7-8H2,1-6H3. The second-order valence-electron chi connectivity index (χ2n) is 5.59. The number of aryl methyl sites for hydroxylation is 1. The van der Waals surface area contributed by atoms with Crippen LogP contribution >= 0.6 is 0 Å². The summed E-state index contributed by atoms with van der Waals surface area (Å²) in [4.78, 5) is 4.37. The summed E-state index contributed by atoms with van der Waals surface area (Å²) in [7, 11) is 0. The van der Waals surface area contributed by atoms with Gasteiger partial charge in [0.1, 0.15) is 0 Å². The van der Waals surface area contributed by atoms with Crippen LogP contribution in [0.15, 0.2) is 6.33 Å². The number of aromatic nitrogens is 2. The maximum absolute atomic E-state index is 4.37. The lowest BCUT2D eigenvalue weighted by molar-refractivity contribution is 0.350. The number of imidazole rings is 1. The number of rotatable bonds is 6. The molecule has 0 saturated carbocycles. The second kappa shape index (κ2) is 6.20. The van der Waals surface area contributed by atoms with Crippen LogP contribution in [0.4, 0.5) is 0 Å². The molecule has 0 aromatic carbocycles. The molecule has 0 spiro atoms. The van der Waals surface area contributed by atoms with E-state index in [0.717, 1.165) is 24.7 Å². The Morgan fingerprint density at radius 3 is 2.29 bits per heavy atom. The molecular formula is C14H27N3. The van der Waals surface area contributed by atoms with Crippen LogP contribution in [0.5, 0.6) is 0 Å². The van der Waals surface area contributed by atoms with Crippen molar-refractivity contribution < 1.29 is 0 Å². The van der Waals surface area contributed by atoms with Crippen molar-refractivity contribution in [3.63, 3.8) is 0 Å². The molecule has 2 atom stereocenters. The first-order valence-electron chi connectivity index (χ1n) is 6.64. The first-order valence-corrected chi connectivity index (χ1v) is 6.64. The number of hydrogen-bond donors (Lipinski definition) is 1. The summed E-state index contributed by atoms with van der Waals surface area (Å²) in [6.45, 7) is 15.4. The van der Waals surface area contributed by atoms with Gasteiger partial charge < -0.3 is 9.88 Å². The smallest absolute Gasteiger partial charge is 0.0954 e. The van der Waals surface area contributed by atoms with Gasteiger partial charge in [-0.25, -0.2) is 4.98 Å². The molecule has 0 fully saturated rings. The maximum atomic E-state index is 4.37. The highest BCUT2D eigenvalue weighted by Gasteiger charge is 2.16. The Labute approximate surface area is 106 Å². The lowest BCUT2D eigenvalue weighted by Gasteiger charge is -2.23. The summed E-state index contributed by atoms with van der Waals surface area (Å²) in [5.41, 5.74) is 2.42. The van der Waals surface area contributed by atoms with E-state index in [-0.39, 0.29) is 0 Å². The Morgan fingerprint density at radius 1 is 1.18 bits per heavy atom. The molecule has 1 rings (SSSR count). The largest absolute Gasteiger partial charge is 0.332 e. The minimum atomic E-state index is 0.496. The zero-order valence-corrected chi connectivity index (χ0v) is 12.1. The predicted octanol–water partition coefficient (Wildman–Crippen LogP) is 2.94. The maximum Gasteiger partial charge on any atom is 0.0954 e. The topological polar surface area (TPSA) is 29.9 Å². The molecule has 0 amide bonds. The van der Waals surface area contributed by atoms with Gasteiger partial charge in [-0.1, -0.05) is 20.8 Å². The van der Waals surface area contributed by atoms with Crippen molar-refractivity contribution >= 4 is 0 Å². The Morgan fingerprint density at radius 2 is 1.82 bits per heavy atom. The molecule has 0 aliphatic rings. The van der Waals surface area contributed by atoms with Gasteiger partial charge in [-0.05, 0) is 45.7 Å². The lowest BCUT2D eigenvalue weighted by atomic mass is 10.0. The number of hydrogen-bond acceptors (Lipinski definition) is 2. The van der Waals surface area contributed by atoms with E-state index in [1.165, 1.54) is 5.69 Å². The highest BCUT2D eigenvalue weighted by molar-refractivity contribution is 5.09. The Balaban J connectivity index is 2.52. The fourth-order valence-electron chi connectivity index (χ4n) is 1.97. The summed E-state index contributed by atoms with van der Waals surface area (Å²) >= 11 is 0. The zero-order valence-electron chi connectivity index (χ0n) is 12.1. The summed E-state index contributed by atoms with van der Waals surface area (Å²) in [5, 5.41) is 3.53. The van der Waals surface area contributed by atoms with Crippen molar-refractivity contribution in [3.05, 3.63) is 17.7 Å². The van der Waals surface area contributed by atoms with Crippen molar-refractivity contribution in [3.8, 4) is 0 Å². The third kappa shape index (κ3) is 3.84. The van der Waals surface area contributed by atoms with E-state index in [0.29, 0.717) is 12.0 Å². The average molecular weight is 237 g/mol. The third-order valence-electron chi connectivity index (χ3n) is 3.57. The fraction of sp³-hybridized carbons (Fsp3) is 0.786. The third-order valence-corrected chi connectivity index (χ3v) is 3.57. The van der Waals surface area contributed by atoms with Gasteiger partial charge in [-0.2, -0.15) is 0 Å². The Kier molecular flexibility index (Phi) is 5.19. The zero-order chi connectivity index (χ0) is 13.0. The van der Waals surface area contributed by atoms with E-state index in [1.807, 2.05) is 6.33 Å². The molecule has 0 bridgehead atoms. The molecule has 0 aliphatic heterocycles. The Hall–Kier alpha value is -0.830. The van der Waals surface area contributed by atoms with Crippen molar-refractivity contribution in [2.24, 2.45) is 11.8 Å². The summed E-state index contributed by atoms with van der Waals surface area (Å²) in [6, 6.07) is 0.496. The van der Waals surface area contributed by atoms with Crippen LogP contribution < -0.4 is 5.32 Å². The van der Waals surface area contributed by atoms with Gasteiger partial charge in [-0.3, -0.25) is 0 Å². The van der Waals surface area contributed by atoms with Crippen LogP contribution in [0, 0.1) is 25.7 Å². The average Bonchev–Trinajstić information content (AvgIpc) is 2.58. The SMILES string of the molecule is Cc1ncn(C(C)C(C)CNCC(C)C)c1C. The molecule has 17 heavy (non-hydrogen) atoms. The molecular weight excluding hydrogens is 210 g/mol. The first-order chi connectivity index (χ1) is 7.93. The van der Waals surface area contributed by atoms with Crippen LogP contribution in [-0.2, 0) is 0 Å². The van der Waals surface area contributed by atoms with E-state index in [1.54, 1.807) is 0 Å². The van der Waals surface area contributed by atoms with Crippen LogP contribution in [0.25, 0.3) is 0 Å². The molecule has 3 heteroatoms. The minimum Gasteiger partial charge on any atom is -0.332 e. The van der Waals surface area contributed by atoms with E-state index in [4.69, 9.17) is 0 Å². The normalized spacial score (nSPS) is 15.2. The molecule has 1 N–H and O–H groups in total. The number of nitrogens with zero attached hydrogens (tertiary/aromatic N) is 2. The van der Waals surface area contributed by atoms with E-state index >= 15 is 0 Å². The van der Waals surface area contributed by atoms with Crippen LogP contribution in [0.2, 0.25) is 0 Å². The van der Waals surface area contributed by atoms with Gasteiger partial charge in [0.25, 0.3) is 0 Å². The molecule has 0 aliphatic carbocycles. The van der Waals surface area contributed by atoms with E-state index < -0.39 is 0 Å². The molecule has 2 unspecified atom stereocenters. The molecule has 1 aromatic rings. The Bertz CT molecular complexity index is 341. The molecule has 0 radical (unpaired) electrons. The molecule has 98 valence electrons. The molecule has 3 nitrogen and oxygen atoms in total. The predicted molar refractivity (Wildman–Crippen MR) is 73.3 cm³/mol. The van der Waals surface area contributed by atoms with Gasteiger partial charge in [0.05, 0.1) is 12.0 Å².